The number of aliphatic hydroxyl groups excluding tert-OH is 1. The number of methoxy groups -OCH3 is 1. The zero-order valence-electron chi connectivity index (χ0n) is 11.7. The van der Waals surface area contributed by atoms with Crippen molar-refractivity contribution in [3.05, 3.63) is 0 Å². The first-order chi connectivity index (χ1) is 8.55. The van der Waals surface area contributed by atoms with Crippen molar-refractivity contribution < 1.29 is 14.6 Å². The molecule has 0 saturated carbocycles. The molecule has 0 aromatic carbocycles. The lowest BCUT2D eigenvalue weighted by Crippen LogP contribution is -2.53. The fraction of sp³-hybridized carbons (Fsp3) is 0.923. The van der Waals surface area contributed by atoms with Crippen molar-refractivity contribution in [1.29, 1.82) is 0 Å². The minimum Gasteiger partial charge on any atom is -0.396 e. The van der Waals surface area contributed by atoms with Gasteiger partial charge in [-0.15, -0.1) is 0 Å². The van der Waals surface area contributed by atoms with Gasteiger partial charge in [0.2, 0.25) is 5.91 Å². The van der Waals surface area contributed by atoms with Gasteiger partial charge in [0.25, 0.3) is 0 Å². The van der Waals surface area contributed by atoms with Crippen LogP contribution in [0.2, 0.25) is 0 Å². The van der Waals surface area contributed by atoms with Gasteiger partial charge in [-0.05, 0) is 38.8 Å². The van der Waals surface area contributed by atoms with E-state index in [1.165, 1.54) is 0 Å². The third-order valence-corrected chi connectivity index (χ3v) is 3.96. The van der Waals surface area contributed by atoms with Gasteiger partial charge in [0.1, 0.15) is 0 Å². The van der Waals surface area contributed by atoms with Gasteiger partial charge in [0, 0.05) is 19.8 Å². The summed E-state index contributed by atoms with van der Waals surface area (Å²) < 4.78 is 5.24. The molecule has 2 unspecified atom stereocenters. The summed E-state index contributed by atoms with van der Waals surface area (Å²) in [6, 6.07) is -0.0221. The quantitative estimate of drug-likeness (QED) is 0.633. The average Bonchev–Trinajstić information content (AvgIpc) is 2.39. The van der Waals surface area contributed by atoms with Gasteiger partial charge < -0.3 is 20.5 Å². The molecule has 106 valence electrons. The summed E-state index contributed by atoms with van der Waals surface area (Å²) >= 11 is 0. The Bertz CT molecular complexity index is 259. The highest BCUT2D eigenvalue weighted by atomic mass is 16.5. The lowest BCUT2D eigenvalue weighted by molar-refractivity contribution is -0.137. The van der Waals surface area contributed by atoms with Crippen LogP contribution in [0.15, 0.2) is 0 Å². The molecule has 0 aliphatic carbocycles. The van der Waals surface area contributed by atoms with Crippen molar-refractivity contribution in [2.24, 2.45) is 11.3 Å². The van der Waals surface area contributed by atoms with Gasteiger partial charge in [0.15, 0.2) is 0 Å². The van der Waals surface area contributed by atoms with Crippen LogP contribution in [0.3, 0.4) is 0 Å². The van der Waals surface area contributed by atoms with Crippen LogP contribution in [0.1, 0.15) is 26.7 Å². The van der Waals surface area contributed by atoms with Crippen LogP contribution < -0.4 is 10.6 Å². The molecule has 5 nitrogen and oxygen atoms in total. The number of piperidine rings is 1. The van der Waals surface area contributed by atoms with E-state index in [-0.39, 0.29) is 24.5 Å². The maximum Gasteiger partial charge on any atom is 0.228 e. The Labute approximate surface area is 109 Å². The van der Waals surface area contributed by atoms with Gasteiger partial charge in [-0.25, -0.2) is 0 Å². The second-order valence-corrected chi connectivity index (χ2v) is 5.39. The van der Waals surface area contributed by atoms with Crippen molar-refractivity contribution in [2.45, 2.75) is 32.7 Å². The third-order valence-electron chi connectivity index (χ3n) is 3.96. The monoisotopic (exact) mass is 258 g/mol. The number of ether oxygens (including phenoxy) is 1. The summed E-state index contributed by atoms with van der Waals surface area (Å²) in [5.41, 5.74) is -0.413. The normalized spacial score (nSPS) is 22.2. The van der Waals surface area contributed by atoms with E-state index in [2.05, 4.69) is 10.6 Å². The van der Waals surface area contributed by atoms with Crippen molar-refractivity contribution in [1.82, 2.24) is 10.6 Å². The van der Waals surface area contributed by atoms with Crippen molar-refractivity contribution in [3.8, 4) is 0 Å². The topological polar surface area (TPSA) is 70.6 Å². The van der Waals surface area contributed by atoms with Crippen molar-refractivity contribution in [3.63, 3.8) is 0 Å². The van der Waals surface area contributed by atoms with Gasteiger partial charge in [-0.1, -0.05) is 6.92 Å². The second kappa shape index (κ2) is 7.07. The van der Waals surface area contributed by atoms with E-state index in [4.69, 9.17) is 9.84 Å². The Morgan fingerprint density at radius 3 is 2.56 bits per heavy atom. The lowest BCUT2D eigenvalue weighted by atomic mass is 9.78. The van der Waals surface area contributed by atoms with Crippen LogP contribution >= 0.6 is 0 Å². The molecule has 2 atom stereocenters. The molecule has 1 rings (SSSR count). The highest BCUT2D eigenvalue weighted by Gasteiger charge is 2.40. The van der Waals surface area contributed by atoms with Crippen LogP contribution in [0.5, 0.6) is 0 Å². The molecular formula is C13H26N2O3. The number of hydrogen-bond acceptors (Lipinski definition) is 4. The van der Waals surface area contributed by atoms with Crippen LogP contribution in [-0.2, 0) is 9.53 Å². The first-order valence-electron chi connectivity index (χ1n) is 6.67. The van der Waals surface area contributed by atoms with E-state index in [0.29, 0.717) is 6.61 Å². The second-order valence-electron chi connectivity index (χ2n) is 5.39. The van der Waals surface area contributed by atoms with Gasteiger partial charge in [0.05, 0.1) is 12.0 Å². The van der Waals surface area contributed by atoms with E-state index in [0.717, 1.165) is 25.9 Å². The lowest BCUT2D eigenvalue weighted by Gasteiger charge is -2.37. The van der Waals surface area contributed by atoms with Crippen LogP contribution in [-0.4, -0.2) is 50.5 Å². The summed E-state index contributed by atoms with van der Waals surface area (Å²) in [5.74, 6) is 0.119. The molecule has 5 heteroatoms. The first kappa shape index (κ1) is 15.4. The summed E-state index contributed by atoms with van der Waals surface area (Å²) in [5, 5.41) is 15.4. The highest BCUT2D eigenvalue weighted by Crippen LogP contribution is 2.29. The number of carbonyl (C=O) groups is 1. The van der Waals surface area contributed by atoms with Gasteiger partial charge in [-0.2, -0.15) is 0 Å². The fourth-order valence-electron chi connectivity index (χ4n) is 2.28. The molecule has 1 heterocycles. The molecule has 0 spiro atoms. The van der Waals surface area contributed by atoms with E-state index < -0.39 is 5.41 Å². The molecule has 1 saturated heterocycles. The third kappa shape index (κ3) is 3.67. The Morgan fingerprint density at radius 1 is 1.44 bits per heavy atom. The number of rotatable bonds is 6. The zero-order valence-corrected chi connectivity index (χ0v) is 11.7. The minimum atomic E-state index is -0.413. The summed E-state index contributed by atoms with van der Waals surface area (Å²) in [6.07, 6.45) is 1.60. The molecule has 1 fully saturated rings. The standard InChI is InChI=1S/C13H26N2O3/c1-10(8-16)11(2)15-12(17)13(9-18-3)4-6-14-7-5-13/h10-11,14,16H,4-9H2,1-3H3,(H,15,17). The molecule has 0 bridgehead atoms. The molecule has 3 N–H and O–H groups in total. The number of hydrogen-bond donors (Lipinski definition) is 3. The highest BCUT2D eigenvalue weighted by molar-refractivity contribution is 5.83. The van der Waals surface area contributed by atoms with Crippen LogP contribution in [0.25, 0.3) is 0 Å². The Morgan fingerprint density at radius 2 is 2.06 bits per heavy atom. The molecule has 18 heavy (non-hydrogen) atoms. The van der Waals surface area contributed by atoms with Gasteiger partial charge in [-0.3, -0.25) is 4.79 Å². The molecule has 1 aliphatic rings. The number of carbonyl (C=O) groups excluding carboxylic acids is 1. The minimum absolute atomic E-state index is 0.0221. The molecule has 1 aliphatic heterocycles. The molecular weight excluding hydrogens is 232 g/mol. The Kier molecular flexibility index (Phi) is 6.05. The van der Waals surface area contributed by atoms with Crippen molar-refractivity contribution >= 4 is 5.91 Å². The predicted molar refractivity (Wildman–Crippen MR) is 70.3 cm³/mol. The number of nitrogens with one attached hydrogen (secondary N) is 2. The van der Waals surface area contributed by atoms with Crippen LogP contribution in [0.4, 0.5) is 0 Å². The molecule has 1 amide bonds. The van der Waals surface area contributed by atoms with Crippen LogP contribution in [0, 0.1) is 11.3 Å². The largest absolute Gasteiger partial charge is 0.396 e. The first-order valence-corrected chi connectivity index (χ1v) is 6.67. The summed E-state index contributed by atoms with van der Waals surface area (Å²) in [6.45, 7) is 6.10. The van der Waals surface area contributed by atoms with E-state index in [1.54, 1.807) is 7.11 Å². The molecule has 0 aromatic heterocycles. The fourth-order valence-corrected chi connectivity index (χ4v) is 2.28. The summed E-state index contributed by atoms with van der Waals surface area (Å²) in [7, 11) is 1.64. The SMILES string of the molecule is COCC1(C(=O)NC(C)C(C)CO)CCNCC1. The Balaban J connectivity index is 2.65. The molecule has 0 aromatic rings. The van der Waals surface area contributed by atoms with Gasteiger partial charge >= 0.3 is 0 Å². The van der Waals surface area contributed by atoms with Crippen molar-refractivity contribution in [2.75, 3.05) is 33.4 Å². The Hall–Kier alpha value is -0.650. The maximum absolute atomic E-state index is 12.4. The smallest absolute Gasteiger partial charge is 0.228 e. The summed E-state index contributed by atoms with van der Waals surface area (Å²) in [4.78, 5) is 12.4. The van der Waals surface area contributed by atoms with E-state index in [1.807, 2.05) is 13.8 Å². The average molecular weight is 258 g/mol. The number of amides is 1. The number of aliphatic hydroxyl groups is 1. The maximum atomic E-state index is 12.4. The van der Waals surface area contributed by atoms with E-state index >= 15 is 0 Å². The van der Waals surface area contributed by atoms with E-state index in [9.17, 15) is 4.79 Å². The molecule has 0 radical (unpaired) electrons. The zero-order chi connectivity index (χ0) is 13.6. The predicted octanol–water partition coefficient (Wildman–Crippen LogP) is 0.136.